The zero-order chi connectivity index (χ0) is 14.0. The number of nitrogens with one attached hydrogen (secondary N) is 1. The fourth-order valence-corrected chi connectivity index (χ4v) is 3.59. The molecule has 2 aliphatic rings. The van der Waals surface area contributed by atoms with Crippen LogP contribution in [0.2, 0.25) is 0 Å². The molecule has 0 amide bonds. The third-order valence-electron chi connectivity index (χ3n) is 4.86. The van der Waals surface area contributed by atoms with Gasteiger partial charge >= 0.3 is 0 Å². The second-order valence-corrected chi connectivity index (χ2v) is 6.00. The second-order valence-electron chi connectivity index (χ2n) is 6.00. The van der Waals surface area contributed by atoms with Crippen LogP contribution in [0.15, 0.2) is 29.3 Å². The van der Waals surface area contributed by atoms with Crippen molar-refractivity contribution in [2.24, 2.45) is 16.1 Å². The van der Waals surface area contributed by atoms with Crippen molar-refractivity contribution in [3.05, 3.63) is 24.3 Å². The first kappa shape index (κ1) is 16.4. The number of methoxy groups -OCH3 is 1. The van der Waals surface area contributed by atoms with Gasteiger partial charge in [-0.1, -0.05) is 18.9 Å². The first-order valence-electron chi connectivity index (χ1n) is 7.46. The van der Waals surface area contributed by atoms with Gasteiger partial charge in [-0.25, -0.2) is 4.99 Å². The first-order valence-corrected chi connectivity index (χ1v) is 7.46. The summed E-state index contributed by atoms with van der Waals surface area (Å²) in [7, 11) is 1.66. The summed E-state index contributed by atoms with van der Waals surface area (Å²) in [5.74, 6) is 1.34. The molecule has 116 valence electrons. The molecule has 0 aliphatic heterocycles. The third kappa shape index (κ3) is 3.44. The van der Waals surface area contributed by atoms with Crippen molar-refractivity contribution < 1.29 is 4.74 Å². The number of nitrogens with zero attached hydrogens (tertiary/aromatic N) is 1. The summed E-state index contributed by atoms with van der Waals surface area (Å²) in [4.78, 5) is 4.71. The molecule has 0 saturated heterocycles. The molecule has 3 N–H and O–H groups in total. The van der Waals surface area contributed by atoms with Gasteiger partial charge in [0.2, 0.25) is 0 Å². The van der Waals surface area contributed by atoms with Crippen LogP contribution in [0.4, 0.5) is 5.69 Å². The number of nitrogens with two attached hydrogens (primary N) is 1. The highest BCUT2D eigenvalue weighted by molar-refractivity contribution is 14.0. The lowest BCUT2D eigenvalue weighted by Crippen LogP contribution is -2.43. The predicted molar refractivity (Wildman–Crippen MR) is 97.6 cm³/mol. The molecule has 2 aliphatic carbocycles. The van der Waals surface area contributed by atoms with Crippen LogP contribution in [0.3, 0.4) is 0 Å². The van der Waals surface area contributed by atoms with Crippen molar-refractivity contribution in [2.75, 3.05) is 12.4 Å². The van der Waals surface area contributed by atoms with E-state index in [-0.39, 0.29) is 24.0 Å². The minimum Gasteiger partial charge on any atom is -0.497 e. The number of rotatable bonds is 3. The molecule has 1 atom stereocenters. The Labute approximate surface area is 143 Å². The molecule has 1 spiro atoms. The maximum Gasteiger partial charge on any atom is 0.193 e. The zero-order valence-corrected chi connectivity index (χ0v) is 14.8. The van der Waals surface area contributed by atoms with E-state index in [0.717, 1.165) is 11.4 Å². The molecule has 2 fully saturated rings. The number of halogens is 1. The summed E-state index contributed by atoms with van der Waals surface area (Å²) in [6.45, 7) is 0. The number of anilines is 1. The molecule has 0 radical (unpaired) electrons. The Hall–Kier alpha value is -0.980. The number of ether oxygens (including phenoxy) is 1. The van der Waals surface area contributed by atoms with Crippen LogP contribution < -0.4 is 15.8 Å². The largest absolute Gasteiger partial charge is 0.497 e. The molecule has 0 aromatic heterocycles. The van der Waals surface area contributed by atoms with Crippen molar-refractivity contribution in [1.82, 2.24) is 0 Å². The van der Waals surface area contributed by atoms with Gasteiger partial charge in [-0.05, 0) is 43.2 Å². The molecule has 1 aromatic rings. The van der Waals surface area contributed by atoms with E-state index in [4.69, 9.17) is 15.5 Å². The van der Waals surface area contributed by atoms with Gasteiger partial charge in [-0.3, -0.25) is 0 Å². The smallest absolute Gasteiger partial charge is 0.193 e. The molecular weight excluding hydrogens is 377 g/mol. The van der Waals surface area contributed by atoms with Gasteiger partial charge in [0, 0.05) is 11.8 Å². The van der Waals surface area contributed by atoms with E-state index >= 15 is 0 Å². The number of hydrogen-bond donors (Lipinski definition) is 2. The van der Waals surface area contributed by atoms with Gasteiger partial charge in [0.25, 0.3) is 0 Å². The van der Waals surface area contributed by atoms with Crippen molar-refractivity contribution >= 4 is 35.6 Å². The fraction of sp³-hybridized carbons (Fsp3) is 0.562. The summed E-state index contributed by atoms with van der Waals surface area (Å²) in [5.41, 5.74) is 7.45. The quantitative estimate of drug-likeness (QED) is 0.461. The van der Waals surface area contributed by atoms with E-state index in [2.05, 4.69) is 5.32 Å². The number of guanidine groups is 1. The molecule has 0 bridgehead atoms. The van der Waals surface area contributed by atoms with E-state index in [9.17, 15) is 0 Å². The molecule has 4 nitrogen and oxygen atoms in total. The van der Waals surface area contributed by atoms with Gasteiger partial charge in [0.15, 0.2) is 5.96 Å². The number of hydrogen-bond acceptors (Lipinski definition) is 2. The van der Waals surface area contributed by atoms with E-state index in [1.807, 2.05) is 24.3 Å². The third-order valence-corrected chi connectivity index (χ3v) is 4.86. The molecule has 2 saturated carbocycles. The molecule has 1 aromatic carbocycles. The maximum absolute atomic E-state index is 6.06. The van der Waals surface area contributed by atoms with Crippen LogP contribution in [0.5, 0.6) is 5.75 Å². The lowest BCUT2D eigenvalue weighted by molar-refractivity contribution is 0.104. The number of benzene rings is 1. The Morgan fingerprint density at radius 3 is 2.71 bits per heavy atom. The van der Waals surface area contributed by atoms with Crippen molar-refractivity contribution in [2.45, 2.75) is 44.6 Å². The van der Waals surface area contributed by atoms with Gasteiger partial charge < -0.3 is 15.8 Å². The SMILES string of the molecule is COc1cccc(NC(N)=NC2CCC23CCCC3)c1.I. The standard InChI is InChI=1S/C16H23N3O.HI/c1-20-13-6-4-5-12(11-13)18-15(17)19-14-7-10-16(14)8-2-3-9-16;/h4-6,11,14H,2-3,7-10H2,1H3,(H3,17,18,19);1H. The second kappa shape index (κ2) is 6.85. The lowest BCUT2D eigenvalue weighted by Gasteiger charge is -2.45. The Bertz CT molecular complexity index is 512. The van der Waals surface area contributed by atoms with Crippen molar-refractivity contribution in [3.8, 4) is 5.75 Å². The van der Waals surface area contributed by atoms with Gasteiger partial charge in [-0.2, -0.15) is 0 Å². The maximum atomic E-state index is 6.06. The van der Waals surface area contributed by atoms with Crippen molar-refractivity contribution in [3.63, 3.8) is 0 Å². The monoisotopic (exact) mass is 401 g/mol. The minimum atomic E-state index is 0. The highest BCUT2D eigenvalue weighted by Gasteiger charge is 2.48. The lowest BCUT2D eigenvalue weighted by atomic mass is 9.63. The van der Waals surface area contributed by atoms with Gasteiger partial charge in [0.05, 0.1) is 13.2 Å². The van der Waals surface area contributed by atoms with Gasteiger partial charge in [0.1, 0.15) is 5.75 Å². The molecule has 1 unspecified atom stereocenters. The average molecular weight is 401 g/mol. The van der Waals surface area contributed by atoms with Gasteiger partial charge in [-0.15, -0.1) is 24.0 Å². The van der Waals surface area contributed by atoms with Crippen LogP contribution in [0.1, 0.15) is 38.5 Å². The summed E-state index contributed by atoms with van der Waals surface area (Å²) < 4.78 is 5.21. The molecule has 21 heavy (non-hydrogen) atoms. The van der Waals surface area contributed by atoms with Crippen LogP contribution in [0.25, 0.3) is 0 Å². The van der Waals surface area contributed by atoms with E-state index in [0.29, 0.717) is 17.4 Å². The topological polar surface area (TPSA) is 59.6 Å². The van der Waals surface area contributed by atoms with E-state index < -0.39 is 0 Å². The van der Waals surface area contributed by atoms with Crippen LogP contribution >= 0.6 is 24.0 Å². The minimum absolute atomic E-state index is 0. The first-order chi connectivity index (χ1) is 9.72. The van der Waals surface area contributed by atoms with Crippen LogP contribution in [-0.2, 0) is 0 Å². The number of aliphatic imine (C=N–C) groups is 1. The van der Waals surface area contributed by atoms with Crippen molar-refractivity contribution in [1.29, 1.82) is 0 Å². The van der Waals surface area contributed by atoms with Crippen LogP contribution in [-0.4, -0.2) is 19.1 Å². The summed E-state index contributed by atoms with van der Waals surface area (Å²) >= 11 is 0. The van der Waals surface area contributed by atoms with Crippen LogP contribution in [0, 0.1) is 5.41 Å². The fourth-order valence-electron chi connectivity index (χ4n) is 3.59. The highest BCUT2D eigenvalue weighted by Crippen LogP contribution is 2.54. The molecule has 0 heterocycles. The summed E-state index contributed by atoms with van der Waals surface area (Å²) in [5, 5.41) is 3.17. The van der Waals surface area contributed by atoms with E-state index in [1.165, 1.54) is 38.5 Å². The summed E-state index contributed by atoms with van der Waals surface area (Å²) in [6.07, 6.45) is 7.87. The Kier molecular flexibility index (Phi) is 5.35. The average Bonchev–Trinajstić information content (AvgIpc) is 2.96. The Balaban J connectivity index is 0.00000161. The zero-order valence-electron chi connectivity index (χ0n) is 12.5. The van der Waals surface area contributed by atoms with E-state index in [1.54, 1.807) is 7.11 Å². The normalized spacial score (nSPS) is 23.3. The molecule has 3 rings (SSSR count). The Morgan fingerprint density at radius 1 is 1.33 bits per heavy atom. The summed E-state index contributed by atoms with van der Waals surface area (Å²) in [6, 6.07) is 8.17. The highest BCUT2D eigenvalue weighted by atomic mass is 127. The molecular formula is C16H24IN3O. The predicted octanol–water partition coefficient (Wildman–Crippen LogP) is 3.76. The Morgan fingerprint density at radius 2 is 2.10 bits per heavy atom. The molecule has 5 heteroatoms.